The Morgan fingerprint density at radius 1 is 1.40 bits per heavy atom. The van der Waals surface area contributed by atoms with Crippen molar-refractivity contribution in [2.24, 2.45) is 5.41 Å². The van der Waals surface area contributed by atoms with Crippen molar-refractivity contribution in [3.8, 4) is 0 Å². The number of hydrogen-bond donors (Lipinski definition) is 0. The van der Waals surface area contributed by atoms with Gasteiger partial charge in [0.15, 0.2) is 0 Å². The van der Waals surface area contributed by atoms with E-state index in [0.29, 0.717) is 5.88 Å². The Morgan fingerprint density at radius 2 is 1.93 bits per heavy atom. The molecule has 0 saturated carbocycles. The van der Waals surface area contributed by atoms with Crippen molar-refractivity contribution in [3.05, 3.63) is 21.2 Å². The van der Waals surface area contributed by atoms with Crippen molar-refractivity contribution in [3.63, 3.8) is 0 Å². The molecule has 0 aromatic carbocycles. The molecule has 1 heterocycles. The van der Waals surface area contributed by atoms with E-state index in [1.54, 1.807) is 0 Å². The smallest absolute Gasteiger partial charge is 0.0514 e. The Labute approximate surface area is 108 Å². The van der Waals surface area contributed by atoms with Crippen LogP contribution < -0.4 is 0 Å². The molecule has 15 heavy (non-hydrogen) atoms. The molecule has 86 valence electrons. The molecule has 0 radical (unpaired) electrons. The van der Waals surface area contributed by atoms with E-state index in [4.69, 9.17) is 34.4 Å². The molecule has 0 unspecified atom stereocenters. The Balaban J connectivity index is 3.00. The lowest BCUT2D eigenvalue weighted by Gasteiger charge is -2.18. The minimum atomic E-state index is -0.612. The van der Waals surface area contributed by atoms with Gasteiger partial charge in [-0.15, -0.1) is 11.6 Å². The zero-order valence-corrected chi connectivity index (χ0v) is 12.7. The number of hydrogen-bond acceptors (Lipinski definition) is 0. The Kier molecular flexibility index (Phi) is 4.58. The first-order valence-electron chi connectivity index (χ1n) is 4.99. The van der Waals surface area contributed by atoms with E-state index < -0.39 is 7.27 Å². The normalized spacial score (nSPS) is 23.0. The number of alkyl halides is 1. The lowest BCUT2D eigenvalue weighted by Crippen LogP contribution is -2.06. The maximum Gasteiger partial charge on any atom is 0.0514 e. The third kappa shape index (κ3) is 2.72. The number of allylic oxidation sites excluding steroid dienone is 4. The van der Waals surface area contributed by atoms with Crippen molar-refractivity contribution < 1.29 is 0 Å². The SMILES string of the molecule is CCC(C)(C)C1=C(/C(Cl)=C(\C)CCl)[P@]1Cl. The molecular formula is C11H16Cl3P. The summed E-state index contributed by atoms with van der Waals surface area (Å²) in [6.07, 6.45) is 1.08. The fourth-order valence-electron chi connectivity index (χ4n) is 1.35. The van der Waals surface area contributed by atoms with Gasteiger partial charge in [-0.05, 0) is 29.6 Å². The van der Waals surface area contributed by atoms with Gasteiger partial charge in [0.05, 0.1) is 12.3 Å². The molecule has 1 aliphatic heterocycles. The van der Waals surface area contributed by atoms with E-state index in [1.165, 1.54) is 10.6 Å². The fourth-order valence-corrected chi connectivity index (χ4v) is 5.57. The molecule has 0 spiro atoms. The zero-order chi connectivity index (χ0) is 11.8. The molecule has 0 amide bonds. The summed E-state index contributed by atoms with van der Waals surface area (Å²) in [5, 5.41) is 3.30. The summed E-state index contributed by atoms with van der Waals surface area (Å²) in [6.45, 7) is 8.56. The maximum atomic E-state index is 6.31. The first-order valence-corrected chi connectivity index (χ1v) is 8.15. The van der Waals surface area contributed by atoms with Gasteiger partial charge in [-0.25, -0.2) is 0 Å². The van der Waals surface area contributed by atoms with E-state index in [-0.39, 0.29) is 5.41 Å². The highest BCUT2D eigenvalue weighted by Crippen LogP contribution is 2.81. The van der Waals surface area contributed by atoms with Crippen molar-refractivity contribution in [1.29, 1.82) is 0 Å². The van der Waals surface area contributed by atoms with Crippen molar-refractivity contribution >= 4 is 41.7 Å². The molecule has 0 N–H and O–H groups in total. The first kappa shape index (κ1) is 13.8. The van der Waals surface area contributed by atoms with Gasteiger partial charge in [0.25, 0.3) is 0 Å². The minimum absolute atomic E-state index is 0.176. The van der Waals surface area contributed by atoms with Gasteiger partial charge in [-0.2, -0.15) is 0 Å². The molecule has 1 rings (SSSR count). The summed E-state index contributed by atoms with van der Waals surface area (Å²) >= 11 is 18.3. The third-order valence-corrected chi connectivity index (χ3v) is 6.77. The van der Waals surface area contributed by atoms with Crippen LogP contribution in [0.25, 0.3) is 0 Å². The van der Waals surface area contributed by atoms with Crippen LogP contribution in [0.5, 0.6) is 0 Å². The summed E-state index contributed by atoms with van der Waals surface area (Å²) in [7, 11) is -0.612. The van der Waals surface area contributed by atoms with Gasteiger partial charge < -0.3 is 0 Å². The van der Waals surface area contributed by atoms with Crippen LogP contribution in [-0.2, 0) is 0 Å². The summed E-state index contributed by atoms with van der Waals surface area (Å²) in [5.41, 5.74) is 1.19. The van der Waals surface area contributed by atoms with E-state index in [2.05, 4.69) is 20.8 Å². The molecule has 0 fully saturated rings. The summed E-state index contributed by atoms with van der Waals surface area (Å²) in [4.78, 5) is 0. The van der Waals surface area contributed by atoms with Crippen LogP contribution >= 0.6 is 41.7 Å². The average molecular weight is 286 g/mol. The molecule has 1 atom stereocenters. The van der Waals surface area contributed by atoms with Crippen LogP contribution in [0, 0.1) is 5.41 Å². The molecule has 1 aliphatic rings. The lowest BCUT2D eigenvalue weighted by molar-refractivity contribution is 0.456. The molecule has 0 bridgehead atoms. The van der Waals surface area contributed by atoms with E-state index >= 15 is 0 Å². The van der Waals surface area contributed by atoms with Gasteiger partial charge in [-0.3, -0.25) is 0 Å². The highest BCUT2D eigenvalue weighted by Gasteiger charge is 2.45. The largest absolute Gasteiger partial charge is 0.122 e. The van der Waals surface area contributed by atoms with E-state index in [0.717, 1.165) is 17.0 Å². The van der Waals surface area contributed by atoms with Crippen LogP contribution in [0.2, 0.25) is 0 Å². The average Bonchev–Trinajstić information content (AvgIpc) is 2.88. The van der Waals surface area contributed by atoms with Gasteiger partial charge in [0, 0.05) is 11.2 Å². The highest BCUT2D eigenvalue weighted by molar-refractivity contribution is 7.96. The van der Waals surface area contributed by atoms with Crippen LogP contribution in [-0.4, -0.2) is 5.88 Å². The second-order valence-electron chi connectivity index (χ2n) is 4.44. The standard InChI is InChI=1S/C11H16Cl3P/c1-5-11(3,4)10-9(15(10)14)8(13)7(2)6-12/h5-6H2,1-4H3/b8-7-/t15-/m0/s1. The van der Waals surface area contributed by atoms with Gasteiger partial charge in [-0.1, -0.05) is 43.6 Å². The second kappa shape index (κ2) is 4.96. The van der Waals surface area contributed by atoms with Gasteiger partial charge in [0.2, 0.25) is 0 Å². The Bertz CT molecular complexity index is 329. The van der Waals surface area contributed by atoms with Crippen molar-refractivity contribution in [2.45, 2.75) is 34.1 Å². The molecule has 0 saturated heterocycles. The number of rotatable bonds is 4. The van der Waals surface area contributed by atoms with Crippen LogP contribution in [0.15, 0.2) is 21.2 Å². The van der Waals surface area contributed by atoms with E-state index in [1.807, 2.05) is 6.92 Å². The molecule has 4 heteroatoms. The quantitative estimate of drug-likeness (QED) is 0.436. The monoisotopic (exact) mass is 284 g/mol. The van der Waals surface area contributed by atoms with Gasteiger partial charge in [0.1, 0.15) is 0 Å². The maximum absolute atomic E-state index is 6.31. The predicted octanol–water partition coefficient (Wildman–Crippen LogP) is 6.04. The summed E-state index contributed by atoms with van der Waals surface area (Å²) in [6, 6.07) is 0. The van der Waals surface area contributed by atoms with Crippen LogP contribution in [0.4, 0.5) is 0 Å². The lowest BCUT2D eigenvalue weighted by atomic mass is 9.90. The Morgan fingerprint density at radius 3 is 2.33 bits per heavy atom. The molecule has 0 aromatic heterocycles. The summed E-state index contributed by atoms with van der Waals surface area (Å²) in [5.74, 6) is 0.474. The highest BCUT2D eigenvalue weighted by atomic mass is 35.7. The first-order chi connectivity index (χ1) is 6.86. The van der Waals surface area contributed by atoms with E-state index in [9.17, 15) is 0 Å². The fraction of sp³-hybridized carbons (Fsp3) is 0.636. The number of halogens is 3. The predicted molar refractivity (Wildman–Crippen MR) is 73.1 cm³/mol. The summed E-state index contributed by atoms with van der Waals surface area (Å²) < 4.78 is 0. The van der Waals surface area contributed by atoms with Crippen LogP contribution in [0.1, 0.15) is 34.1 Å². The molecule has 0 aromatic rings. The molecule has 0 nitrogen and oxygen atoms in total. The zero-order valence-electron chi connectivity index (χ0n) is 9.50. The van der Waals surface area contributed by atoms with Gasteiger partial charge >= 0.3 is 0 Å². The molecule has 0 aliphatic carbocycles. The third-order valence-electron chi connectivity index (χ3n) is 2.87. The topological polar surface area (TPSA) is 0 Å². The minimum Gasteiger partial charge on any atom is -0.122 e. The second-order valence-corrected chi connectivity index (χ2v) is 7.56. The molecular weight excluding hydrogens is 269 g/mol. The van der Waals surface area contributed by atoms with Crippen molar-refractivity contribution in [2.75, 3.05) is 5.88 Å². The van der Waals surface area contributed by atoms with Crippen molar-refractivity contribution in [1.82, 2.24) is 0 Å². The van der Waals surface area contributed by atoms with Crippen LogP contribution in [0.3, 0.4) is 0 Å². The Hall–Kier alpha value is 0.780.